The first-order valence-electron chi connectivity index (χ1n) is 6.13. The number of nitro benzene ring substituents is 1. The zero-order valence-electron chi connectivity index (χ0n) is 11.7. The van der Waals surface area contributed by atoms with Gasteiger partial charge >= 0.3 is 0 Å². The molecule has 0 spiro atoms. The number of nitrogens with one attached hydrogen (secondary N) is 1. The Morgan fingerprint density at radius 1 is 1.29 bits per heavy atom. The molecule has 0 atom stereocenters. The van der Waals surface area contributed by atoms with Crippen molar-refractivity contribution < 1.29 is 14.1 Å². The Balaban J connectivity index is 2.35. The van der Waals surface area contributed by atoms with Gasteiger partial charge in [0.15, 0.2) is 0 Å². The van der Waals surface area contributed by atoms with Gasteiger partial charge in [-0.25, -0.2) is 0 Å². The van der Waals surface area contributed by atoms with Gasteiger partial charge in [0.1, 0.15) is 11.5 Å². The lowest BCUT2D eigenvalue weighted by Gasteiger charge is -2.08. The number of non-ortho nitro benzene ring substituents is 1. The number of hydrogen-bond donors (Lipinski definition) is 1. The second kappa shape index (κ2) is 5.69. The van der Waals surface area contributed by atoms with Gasteiger partial charge in [0.2, 0.25) is 0 Å². The summed E-state index contributed by atoms with van der Waals surface area (Å²) in [6, 6.07) is 4.33. The second-order valence-electron chi connectivity index (χ2n) is 4.61. The molecule has 6 nitrogen and oxygen atoms in total. The van der Waals surface area contributed by atoms with Crippen LogP contribution in [0.15, 0.2) is 27.1 Å². The molecule has 7 heteroatoms. The highest BCUT2D eigenvalue weighted by Gasteiger charge is 2.21. The number of furan rings is 1. The molecule has 21 heavy (non-hydrogen) atoms. The van der Waals surface area contributed by atoms with Crippen LogP contribution in [0.2, 0.25) is 0 Å². The van der Waals surface area contributed by atoms with Crippen molar-refractivity contribution in [3.05, 3.63) is 55.4 Å². The minimum absolute atomic E-state index is 0.0740. The zero-order chi connectivity index (χ0) is 15.7. The van der Waals surface area contributed by atoms with Gasteiger partial charge in [-0.05, 0) is 42.3 Å². The Kier molecular flexibility index (Phi) is 4.13. The maximum atomic E-state index is 12.3. The first kappa shape index (κ1) is 15.2. The molecule has 0 unspecified atom stereocenters. The van der Waals surface area contributed by atoms with E-state index in [0.717, 1.165) is 5.56 Å². The zero-order valence-corrected chi connectivity index (χ0v) is 13.3. The predicted octanol–water partition coefficient (Wildman–Crippen LogP) is 4.13. The van der Waals surface area contributed by atoms with Crippen molar-refractivity contribution in [3.63, 3.8) is 0 Å². The van der Waals surface area contributed by atoms with E-state index in [0.29, 0.717) is 27.2 Å². The van der Waals surface area contributed by atoms with E-state index in [9.17, 15) is 14.9 Å². The van der Waals surface area contributed by atoms with Crippen LogP contribution in [0.25, 0.3) is 0 Å². The number of benzene rings is 1. The number of nitrogens with zero attached hydrogens (tertiary/aromatic N) is 1. The Morgan fingerprint density at radius 2 is 1.95 bits per heavy atom. The van der Waals surface area contributed by atoms with Gasteiger partial charge in [0.05, 0.1) is 20.6 Å². The summed E-state index contributed by atoms with van der Waals surface area (Å²) in [5.74, 6) is 0.716. The van der Waals surface area contributed by atoms with Gasteiger partial charge in [-0.2, -0.15) is 0 Å². The minimum Gasteiger partial charge on any atom is -0.465 e. The van der Waals surface area contributed by atoms with E-state index in [1.165, 1.54) is 12.1 Å². The molecule has 1 aromatic carbocycles. The number of amides is 1. The molecular weight excluding hydrogens is 340 g/mol. The molecule has 1 N–H and O–H groups in total. The third-order valence-corrected chi connectivity index (χ3v) is 4.05. The van der Waals surface area contributed by atoms with Crippen molar-refractivity contribution in [1.82, 2.24) is 0 Å². The molecule has 2 rings (SSSR count). The summed E-state index contributed by atoms with van der Waals surface area (Å²) < 4.78 is 5.96. The van der Waals surface area contributed by atoms with Crippen LogP contribution in [0.4, 0.5) is 11.4 Å². The smallest absolute Gasteiger partial charge is 0.271 e. The highest BCUT2D eigenvalue weighted by molar-refractivity contribution is 9.10. The molecule has 0 fully saturated rings. The number of nitro groups is 1. The minimum atomic E-state index is -0.502. The highest BCUT2D eigenvalue weighted by Crippen LogP contribution is 2.29. The Bertz CT molecular complexity index is 737. The van der Waals surface area contributed by atoms with Crippen molar-refractivity contribution in [2.24, 2.45) is 0 Å². The number of hydrogen-bond acceptors (Lipinski definition) is 4. The maximum absolute atomic E-state index is 12.3. The van der Waals surface area contributed by atoms with Crippen molar-refractivity contribution in [1.29, 1.82) is 0 Å². The van der Waals surface area contributed by atoms with Crippen LogP contribution >= 0.6 is 15.9 Å². The lowest BCUT2D eigenvalue weighted by molar-refractivity contribution is -0.384. The molecule has 1 heterocycles. The molecule has 0 saturated carbocycles. The maximum Gasteiger partial charge on any atom is 0.271 e. The Labute approximate surface area is 129 Å². The quantitative estimate of drug-likeness (QED) is 0.664. The standard InChI is InChI=1S/C14H13BrN2O4/c1-7-4-5-10(17(19)20)6-11(7)16-14(18)12-8(2)21-9(3)13(12)15/h4-6H,1-3H3,(H,16,18). The molecule has 0 aliphatic carbocycles. The average Bonchev–Trinajstić information content (AvgIpc) is 2.65. The van der Waals surface area contributed by atoms with Crippen molar-refractivity contribution in [3.8, 4) is 0 Å². The van der Waals surface area contributed by atoms with Crippen LogP contribution in [0.1, 0.15) is 27.4 Å². The molecule has 0 aliphatic heterocycles. The summed E-state index contributed by atoms with van der Waals surface area (Å²) in [7, 11) is 0. The summed E-state index contributed by atoms with van der Waals surface area (Å²) in [6.45, 7) is 5.20. The van der Waals surface area contributed by atoms with Gasteiger partial charge in [0, 0.05) is 12.1 Å². The van der Waals surface area contributed by atoms with Crippen LogP contribution in [-0.2, 0) is 0 Å². The van der Waals surface area contributed by atoms with Gasteiger partial charge in [-0.1, -0.05) is 6.07 Å². The molecular formula is C14H13BrN2O4. The monoisotopic (exact) mass is 352 g/mol. The molecule has 1 amide bonds. The average molecular weight is 353 g/mol. The van der Waals surface area contributed by atoms with Crippen LogP contribution < -0.4 is 5.32 Å². The van der Waals surface area contributed by atoms with Crippen LogP contribution in [-0.4, -0.2) is 10.8 Å². The largest absolute Gasteiger partial charge is 0.465 e. The molecule has 110 valence electrons. The Morgan fingerprint density at radius 3 is 2.48 bits per heavy atom. The van der Waals surface area contributed by atoms with Crippen molar-refractivity contribution in [2.45, 2.75) is 20.8 Å². The van der Waals surface area contributed by atoms with Crippen LogP contribution in [0, 0.1) is 30.9 Å². The van der Waals surface area contributed by atoms with E-state index in [4.69, 9.17) is 4.42 Å². The van der Waals surface area contributed by atoms with E-state index in [1.54, 1.807) is 26.8 Å². The van der Waals surface area contributed by atoms with E-state index >= 15 is 0 Å². The topological polar surface area (TPSA) is 85.4 Å². The second-order valence-corrected chi connectivity index (χ2v) is 5.41. The summed E-state index contributed by atoms with van der Waals surface area (Å²) in [6.07, 6.45) is 0. The fourth-order valence-corrected chi connectivity index (χ4v) is 2.50. The van der Waals surface area contributed by atoms with Crippen molar-refractivity contribution in [2.75, 3.05) is 5.32 Å². The lowest BCUT2D eigenvalue weighted by Crippen LogP contribution is -2.14. The van der Waals surface area contributed by atoms with E-state index in [1.807, 2.05) is 0 Å². The fraction of sp³-hybridized carbons (Fsp3) is 0.214. The number of halogens is 1. The summed E-state index contributed by atoms with van der Waals surface area (Å²) >= 11 is 3.31. The number of aryl methyl sites for hydroxylation is 3. The van der Waals surface area contributed by atoms with Crippen molar-refractivity contribution >= 4 is 33.2 Å². The van der Waals surface area contributed by atoms with Crippen LogP contribution in [0.5, 0.6) is 0 Å². The number of carbonyl (C=O) groups excluding carboxylic acids is 1. The highest BCUT2D eigenvalue weighted by atomic mass is 79.9. The molecule has 0 saturated heterocycles. The van der Waals surface area contributed by atoms with Gasteiger partial charge < -0.3 is 9.73 Å². The summed E-state index contributed by atoms with van der Waals surface area (Å²) in [5.41, 5.74) is 1.45. The summed E-state index contributed by atoms with van der Waals surface area (Å²) in [5, 5.41) is 13.5. The normalized spacial score (nSPS) is 10.5. The molecule has 1 aromatic heterocycles. The summed E-state index contributed by atoms with van der Waals surface area (Å²) in [4.78, 5) is 22.6. The van der Waals surface area contributed by atoms with Gasteiger partial charge in [-0.3, -0.25) is 14.9 Å². The SMILES string of the molecule is Cc1ccc([N+](=O)[O-])cc1NC(=O)c1c(C)oc(C)c1Br. The molecule has 0 bridgehead atoms. The Hall–Kier alpha value is -2.15. The van der Waals surface area contributed by atoms with Gasteiger partial charge in [0.25, 0.3) is 11.6 Å². The lowest BCUT2D eigenvalue weighted by atomic mass is 10.1. The molecule has 2 aromatic rings. The van der Waals surface area contributed by atoms with Crippen LogP contribution in [0.3, 0.4) is 0 Å². The van der Waals surface area contributed by atoms with E-state index < -0.39 is 4.92 Å². The third kappa shape index (κ3) is 2.97. The number of carbonyl (C=O) groups is 1. The van der Waals surface area contributed by atoms with E-state index in [2.05, 4.69) is 21.2 Å². The predicted molar refractivity (Wildman–Crippen MR) is 81.7 cm³/mol. The number of anilines is 1. The van der Waals surface area contributed by atoms with E-state index in [-0.39, 0.29) is 11.6 Å². The van der Waals surface area contributed by atoms with Gasteiger partial charge in [-0.15, -0.1) is 0 Å². The number of rotatable bonds is 3. The first-order chi connectivity index (χ1) is 9.81. The molecule has 0 aliphatic rings. The first-order valence-corrected chi connectivity index (χ1v) is 6.92. The third-order valence-electron chi connectivity index (χ3n) is 3.09. The molecule has 0 radical (unpaired) electrons. The fourth-order valence-electron chi connectivity index (χ4n) is 1.96.